The minimum Gasteiger partial charge on any atom is -0.402 e. The second-order valence-corrected chi connectivity index (χ2v) is 2.92. The highest BCUT2D eigenvalue weighted by Gasteiger charge is 2.15. The van der Waals surface area contributed by atoms with Crippen molar-refractivity contribution in [2.24, 2.45) is 11.7 Å². The largest absolute Gasteiger partial charge is 0.402 e. The van der Waals surface area contributed by atoms with E-state index in [0.717, 1.165) is 18.5 Å². The molecule has 2 atom stereocenters. The van der Waals surface area contributed by atoms with E-state index < -0.39 is 0 Å². The van der Waals surface area contributed by atoms with Crippen molar-refractivity contribution in [3.63, 3.8) is 0 Å². The minimum absolute atomic E-state index is 0.144. The molecule has 66 valence electrons. The molecule has 0 saturated heterocycles. The van der Waals surface area contributed by atoms with E-state index in [0.29, 0.717) is 0 Å². The van der Waals surface area contributed by atoms with Crippen molar-refractivity contribution in [3.05, 3.63) is 11.8 Å². The van der Waals surface area contributed by atoms with Crippen LogP contribution in [0.1, 0.15) is 33.6 Å². The lowest BCUT2D eigenvalue weighted by atomic mass is 9.95. The summed E-state index contributed by atoms with van der Waals surface area (Å²) in [6.07, 6.45) is 3.57. The van der Waals surface area contributed by atoms with Crippen LogP contribution in [0, 0.1) is 5.92 Å². The summed E-state index contributed by atoms with van der Waals surface area (Å²) in [6.45, 7) is 5.79. The molecule has 0 aliphatic heterocycles. The second-order valence-electron chi connectivity index (χ2n) is 2.92. The first-order chi connectivity index (χ1) is 5.13. The third kappa shape index (κ3) is 3.42. The van der Waals surface area contributed by atoms with E-state index in [-0.39, 0.29) is 12.0 Å². The third-order valence-corrected chi connectivity index (χ3v) is 1.94. The highest BCUT2D eigenvalue weighted by atomic mass is 16.3. The Balaban J connectivity index is 4.10. The number of nitrogens with two attached hydrogens (primary N) is 1. The first-order valence-corrected chi connectivity index (χ1v) is 4.23. The zero-order chi connectivity index (χ0) is 8.85. The van der Waals surface area contributed by atoms with Crippen LogP contribution in [-0.2, 0) is 0 Å². The predicted molar refractivity (Wildman–Crippen MR) is 48.0 cm³/mol. The normalized spacial score (nSPS) is 18.0. The molecule has 0 heterocycles. The predicted octanol–water partition coefficient (Wildman–Crippen LogP) is 1.65. The third-order valence-electron chi connectivity index (χ3n) is 1.94. The van der Waals surface area contributed by atoms with Gasteiger partial charge in [0.25, 0.3) is 0 Å². The number of allylic oxidation sites excluding steroid dienone is 1. The van der Waals surface area contributed by atoms with Gasteiger partial charge in [-0.05, 0) is 20.3 Å². The van der Waals surface area contributed by atoms with Gasteiger partial charge >= 0.3 is 0 Å². The smallest absolute Gasteiger partial charge is 0.0594 e. The van der Waals surface area contributed by atoms with Crippen molar-refractivity contribution in [2.75, 3.05) is 0 Å². The van der Waals surface area contributed by atoms with Crippen LogP contribution in [0.25, 0.3) is 0 Å². The summed E-state index contributed by atoms with van der Waals surface area (Å²) in [7, 11) is 0. The van der Waals surface area contributed by atoms with Gasteiger partial charge in [0.15, 0.2) is 0 Å². The molecule has 0 aromatic rings. The maximum atomic E-state index is 9.32. The van der Waals surface area contributed by atoms with E-state index in [4.69, 9.17) is 5.73 Å². The van der Waals surface area contributed by atoms with Crippen LogP contribution in [-0.4, -0.2) is 11.2 Å². The SMILES string of the molecule is C/C=C(\N)C(CCC)C(C)O. The van der Waals surface area contributed by atoms with Gasteiger partial charge in [-0.25, -0.2) is 0 Å². The lowest BCUT2D eigenvalue weighted by Gasteiger charge is -2.19. The highest BCUT2D eigenvalue weighted by Crippen LogP contribution is 2.16. The van der Waals surface area contributed by atoms with Crippen molar-refractivity contribution >= 4 is 0 Å². The van der Waals surface area contributed by atoms with Gasteiger partial charge in [-0.2, -0.15) is 0 Å². The fourth-order valence-electron chi connectivity index (χ4n) is 1.21. The summed E-state index contributed by atoms with van der Waals surface area (Å²) < 4.78 is 0. The number of aliphatic hydroxyl groups excluding tert-OH is 1. The van der Waals surface area contributed by atoms with Gasteiger partial charge < -0.3 is 10.8 Å². The Morgan fingerprint density at radius 2 is 2.18 bits per heavy atom. The Bertz CT molecular complexity index is 130. The van der Waals surface area contributed by atoms with Crippen LogP contribution in [0.15, 0.2) is 11.8 Å². The Kier molecular flexibility index (Phi) is 4.95. The zero-order valence-electron chi connectivity index (χ0n) is 7.67. The average Bonchev–Trinajstić information content (AvgIpc) is 1.98. The first kappa shape index (κ1) is 10.5. The topological polar surface area (TPSA) is 46.2 Å². The molecular weight excluding hydrogens is 138 g/mol. The van der Waals surface area contributed by atoms with Crippen LogP contribution in [0.2, 0.25) is 0 Å². The molecule has 0 amide bonds. The van der Waals surface area contributed by atoms with Gasteiger partial charge in [-0.3, -0.25) is 0 Å². The van der Waals surface area contributed by atoms with Crippen LogP contribution in [0.5, 0.6) is 0 Å². The quantitative estimate of drug-likeness (QED) is 0.651. The Labute approximate surface area is 69.1 Å². The van der Waals surface area contributed by atoms with E-state index >= 15 is 0 Å². The maximum Gasteiger partial charge on any atom is 0.0594 e. The summed E-state index contributed by atoms with van der Waals surface area (Å²) in [5.74, 6) is 0.144. The molecule has 0 rings (SSSR count). The first-order valence-electron chi connectivity index (χ1n) is 4.23. The van der Waals surface area contributed by atoms with Gasteiger partial charge in [-0.1, -0.05) is 19.4 Å². The standard InChI is InChI=1S/C9H19NO/c1-4-6-8(7(3)11)9(10)5-2/h5,7-8,11H,4,6,10H2,1-3H3/b9-5-. The monoisotopic (exact) mass is 157 g/mol. The summed E-state index contributed by atoms with van der Waals surface area (Å²) in [5, 5.41) is 9.32. The fourth-order valence-corrected chi connectivity index (χ4v) is 1.21. The molecule has 0 aliphatic carbocycles. The van der Waals surface area contributed by atoms with E-state index in [1.54, 1.807) is 6.92 Å². The Hall–Kier alpha value is -0.500. The molecule has 11 heavy (non-hydrogen) atoms. The van der Waals surface area contributed by atoms with Gasteiger partial charge in [0.2, 0.25) is 0 Å². The van der Waals surface area contributed by atoms with Crippen molar-refractivity contribution in [1.82, 2.24) is 0 Å². The summed E-state index contributed by atoms with van der Waals surface area (Å²) >= 11 is 0. The van der Waals surface area contributed by atoms with E-state index in [1.165, 1.54) is 0 Å². The molecule has 0 aromatic carbocycles. The minimum atomic E-state index is -0.328. The summed E-state index contributed by atoms with van der Waals surface area (Å²) in [4.78, 5) is 0. The zero-order valence-corrected chi connectivity index (χ0v) is 7.67. The van der Waals surface area contributed by atoms with Crippen LogP contribution in [0.4, 0.5) is 0 Å². The molecule has 0 bridgehead atoms. The van der Waals surface area contributed by atoms with Crippen LogP contribution < -0.4 is 5.73 Å². The van der Waals surface area contributed by atoms with Crippen molar-refractivity contribution < 1.29 is 5.11 Å². The molecule has 2 nitrogen and oxygen atoms in total. The Morgan fingerprint density at radius 1 is 1.64 bits per heavy atom. The number of aliphatic hydroxyl groups is 1. The molecule has 2 heteroatoms. The van der Waals surface area contributed by atoms with E-state index in [1.807, 2.05) is 13.0 Å². The summed E-state index contributed by atoms with van der Waals surface area (Å²) in [5.41, 5.74) is 6.51. The molecule has 0 aliphatic rings. The van der Waals surface area contributed by atoms with Crippen molar-refractivity contribution in [1.29, 1.82) is 0 Å². The lowest BCUT2D eigenvalue weighted by molar-refractivity contribution is 0.137. The number of hydrogen-bond donors (Lipinski definition) is 2. The maximum absolute atomic E-state index is 9.32. The van der Waals surface area contributed by atoms with Gasteiger partial charge in [-0.15, -0.1) is 0 Å². The van der Waals surface area contributed by atoms with Crippen LogP contribution >= 0.6 is 0 Å². The van der Waals surface area contributed by atoms with Gasteiger partial charge in [0.05, 0.1) is 6.10 Å². The van der Waals surface area contributed by atoms with Gasteiger partial charge in [0.1, 0.15) is 0 Å². The molecule has 0 fully saturated rings. The van der Waals surface area contributed by atoms with Crippen LogP contribution in [0.3, 0.4) is 0 Å². The molecule has 0 aromatic heterocycles. The molecule has 0 radical (unpaired) electrons. The Morgan fingerprint density at radius 3 is 2.45 bits per heavy atom. The van der Waals surface area contributed by atoms with E-state index in [9.17, 15) is 5.11 Å². The molecule has 0 spiro atoms. The molecule has 0 saturated carbocycles. The van der Waals surface area contributed by atoms with E-state index in [2.05, 4.69) is 6.92 Å². The number of rotatable bonds is 4. The molecule has 2 unspecified atom stereocenters. The average molecular weight is 157 g/mol. The second kappa shape index (κ2) is 5.19. The van der Waals surface area contributed by atoms with Crippen molar-refractivity contribution in [2.45, 2.75) is 39.7 Å². The van der Waals surface area contributed by atoms with Crippen molar-refractivity contribution in [3.8, 4) is 0 Å². The highest BCUT2D eigenvalue weighted by molar-refractivity contribution is 5.01. The molecular formula is C9H19NO. The van der Waals surface area contributed by atoms with Gasteiger partial charge in [0, 0.05) is 11.6 Å². The molecule has 3 N–H and O–H groups in total. The summed E-state index contributed by atoms with van der Waals surface area (Å²) in [6, 6.07) is 0. The fraction of sp³-hybridized carbons (Fsp3) is 0.778. The number of hydrogen-bond acceptors (Lipinski definition) is 2. The lowest BCUT2D eigenvalue weighted by Crippen LogP contribution is -2.23.